The molecule has 1 fully saturated rings. The molecule has 2 unspecified atom stereocenters. The van der Waals surface area contributed by atoms with Crippen LogP contribution in [0.5, 0.6) is 0 Å². The van der Waals surface area contributed by atoms with Gasteiger partial charge in [0.2, 0.25) is 0 Å². The van der Waals surface area contributed by atoms with Crippen LogP contribution in [0, 0.1) is 0 Å². The van der Waals surface area contributed by atoms with Crippen molar-refractivity contribution in [2.24, 2.45) is 0 Å². The van der Waals surface area contributed by atoms with E-state index in [-0.39, 0.29) is 17.0 Å². The minimum absolute atomic E-state index is 0.263. The summed E-state index contributed by atoms with van der Waals surface area (Å²) in [5, 5.41) is 2.96. The van der Waals surface area contributed by atoms with Crippen LogP contribution in [0.2, 0.25) is 0 Å². The van der Waals surface area contributed by atoms with E-state index in [2.05, 4.69) is 12.2 Å². The quantitative estimate of drug-likeness (QED) is 0.837. The summed E-state index contributed by atoms with van der Waals surface area (Å²) in [6.45, 7) is 3.24. The van der Waals surface area contributed by atoms with Gasteiger partial charge >= 0.3 is 0 Å². The van der Waals surface area contributed by atoms with E-state index in [0.29, 0.717) is 18.8 Å². The third-order valence-corrected chi connectivity index (χ3v) is 6.18. The summed E-state index contributed by atoms with van der Waals surface area (Å²) < 4.78 is 35.6. The maximum Gasteiger partial charge on any atom is 0.155 e. The molecule has 120 valence electrons. The fourth-order valence-electron chi connectivity index (χ4n) is 2.85. The zero-order chi connectivity index (χ0) is 15.3. The number of sulfone groups is 1. The predicted molar refractivity (Wildman–Crippen MR) is 81.9 cm³/mol. The van der Waals surface area contributed by atoms with Crippen molar-refractivity contribution < 1.29 is 17.6 Å². The highest BCUT2D eigenvalue weighted by molar-refractivity contribution is 7.92. The van der Waals surface area contributed by atoms with Crippen molar-refractivity contribution in [1.82, 2.24) is 5.32 Å². The van der Waals surface area contributed by atoms with Gasteiger partial charge in [-0.15, -0.1) is 0 Å². The van der Waals surface area contributed by atoms with Crippen molar-refractivity contribution in [3.05, 3.63) is 23.7 Å². The Kier molecular flexibility index (Phi) is 5.84. The Balaban J connectivity index is 2.23. The first-order chi connectivity index (χ1) is 10.1. The molecule has 1 aromatic heterocycles. The average Bonchev–Trinajstić information content (AvgIpc) is 2.89. The summed E-state index contributed by atoms with van der Waals surface area (Å²) >= 11 is 0. The lowest BCUT2D eigenvalue weighted by atomic mass is 10.0. The van der Waals surface area contributed by atoms with Gasteiger partial charge in [0.15, 0.2) is 9.84 Å². The summed E-state index contributed by atoms with van der Waals surface area (Å²) in [6.07, 6.45) is 3.38. The molecule has 0 spiro atoms. The van der Waals surface area contributed by atoms with Crippen LogP contribution in [0.15, 0.2) is 16.5 Å². The summed E-state index contributed by atoms with van der Waals surface area (Å²) in [7, 11) is -1.45. The van der Waals surface area contributed by atoms with Crippen molar-refractivity contribution in [3.63, 3.8) is 0 Å². The summed E-state index contributed by atoms with van der Waals surface area (Å²) in [5.41, 5.74) is 0. The fourth-order valence-corrected chi connectivity index (χ4v) is 4.93. The molecular weight excluding hydrogens is 290 g/mol. The van der Waals surface area contributed by atoms with Gasteiger partial charge in [-0.2, -0.15) is 0 Å². The molecule has 0 radical (unpaired) electrons. The van der Waals surface area contributed by atoms with E-state index in [1.807, 2.05) is 12.1 Å². The van der Waals surface area contributed by atoms with Crippen LogP contribution in [0.4, 0.5) is 0 Å². The van der Waals surface area contributed by atoms with Crippen molar-refractivity contribution in [2.45, 2.75) is 50.5 Å². The van der Waals surface area contributed by atoms with Gasteiger partial charge in [0.05, 0.1) is 17.0 Å². The first kappa shape index (κ1) is 16.5. The number of hydrogen-bond acceptors (Lipinski definition) is 5. The molecule has 1 aliphatic heterocycles. The second-order valence-corrected chi connectivity index (χ2v) is 7.91. The molecule has 0 saturated carbocycles. The van der Waals surface area contributed by atoms with Crippen molar-refractivity contribution in [2.75, 3.05) is 19.4 Å². The first-order valence-corrected chi connectivity index (χ1v) is 9.32. The number of hydrogen-bond donors (Lipinski definition) is 1. The zero-order valence-corrected chi connectivity index (χ0v) is 13.6. The lowest BCUT2D eigenvalue weighted by molar-refractivity contribution is 0.161. The molecule has 1 aromatic rings. The van der Waals surface area contributed by atoms with Crippen LogP contribution in [0.3, 0.4) is 0 Å². The molecule has 6 heteroatoms. The zero-order valence-electron chi connectivity index (χ0n) is 12.8. The molecule has 1 saturated heterocycles. The Hall–Kier alpha value is -0.850. The first-order valence-electron chi connectivity index (χ1n) is 7.61. The van der Waals surface area contributed by atoms with Crippen molar-refractivity contribution >= 4 is 9.84 Å². The van der Waals surface area contributed by atoms with Crippen LogP contribution in [-0.2, 0) is 21.2 Å². The van der Waals surface area contributed by atoms with E-state index < -0.39 is 9.84 Å². The lowest BCUT2D eigenvalue weighted by Crippen LogP contribution is -2.40. The number of rotatable bonds is 7. The minimum Gasteiger partial charge on any atom is -0.462 e. The minimum atomic E-state index is -3.06. The van der Waals surface area contributed by atoms with Gasteiger partial charge in [-0.1, -0.05) is 13.3 Å². The summed E-state index contributed by atoms with van der Waals surface area (Å²) in [6, 6.07) is 3.46. The maximum atomic E-state index is 12.4. The van der Waals surface area contributed by atoms with E-state index in [4.69, 9.17) is 9.15 Å². The number of methoxy groups -OCH3 is 1. The molecule has 0 bridgehead atoms. The Bertz CT molecular complexity index is 538. The van der Waals surface area contributed by atoms with Gasteiger partial charge in [-0.25, -0.2) is 8.42 Å². The normalized spacial score (nSPS) is 23.0. The highest BCUT2D eigenvalue weighted by Gasteiger charge is 2.37. The fraction of sp³-hybridized carbons (Fsp3) is 0.733. The highest BCUT2D eigenvalue weighted by Crippen LogP contribution is 2.31. The maximum absolute atomic E-state index is 12.4. The molecule has 1 N–H and O–H groups in total. The van der Waals surface area contributed by atoms with Crippen LogP contribution in [0.1, 0.15) is 50.2 Å². The molecule has 0 amide bonds. The van der Waals surface area contributed by atoms with Gasteiger partial charge < -0.3 is 14.5 Å². The van der Waals surface area contributed by atoms with E-state index in [0.717, 1.165) is 31.6 Å². The Morgan fingerprint density at radius 3 is 2.90 bits per heavy atom. The van der Waals surface area contributed by atoms with Crippen molar-refractivity contribution in [1.29, 1.82) is 0 Å². The number of furan rings is 1. The number of ether oxygens (including phenoxy) is 1. The molecule has 2 heterocycles. The standard InChI is InChI=1S/C15H25NO4S/c1-3-9-16-15(13-8-7-12(20-13)11-19-2)14-6-4-5-10-21(14,17)18/h7-8,14-16H,3-6,9-11H2,1-2H3. The summed E-state index contributed by atoms with van der Waals surface area (Å²) in [5.74, 6) is 1.71. The molecule has 21 heavy (non-hydrogen) atoms. The van der Waals surface area contributed by atoms with E-state index >= 15 is 0 Å². The summed E-state index contributed by atoms with van der Waals surface area (Å²) in [4.78, 5) is 0. The van der Waals surface area contributed by atoms with Crippen LogP contribution >= 0.6 is 0 Å². The lowest BCUT2D eigenvalue weighted by Gasteiger charge is -2.29. The molecule has 2 rings (SSSR count). The molecule has 2 atom stereocenters. The third kappa shape index (κ3) is 4.08. The second kappa shape index (κ2) is 7.42. The molecule has 0 aromatic carbocycles. The molecule has 5 nitrogen and oxygen atoms in total. The largest absolute Gasteiger partial charge is 0.462 e. The van der Waals surface area contributed by atoms with E-state index in [1.165, 1.54) is 0 Å². The average molecular weight is 315 g/mol. The third-order valence-electron chi connectivity index (χ3n) is 3.89. The Labute approximate surface area is 127 Å². The van der Waals surface area contributed by atoms with Gasteiger partial charge in [0, 0.05) is 7.11 Å². The van der Waals surface area contributed by atoms with Crippen molar-refractivity contribution in [3.8, 4) is 0 Å². The second-order valence-electron chi connectivity index (χ2n) is 5.57. The van der Waals surface area contributed by atoms with E-state index in [9.17, 15) is 8.42 Å². The smallest absolute Gasteiger partial charge is 0.155 e. The van der Waals surface area contributed by atoms with Crippen LogP contribution in [0.25, 0.3) is 0 Å². The van der Waals surface area contributed by atoms with Crippen LogP contribution < -0.4 is 5.32 Å². The van der Waals surface area contributed by atoms with Gasteiger partial charge in [-0.3, -0.25) is 0 Å². The predicted octanol–water partition coefficient (Wildman–Crippen LogP) is 2.43. The van der Waals surface area contributed by atoms with Crippen LogP contribution in [-0.4, -0.2) is 33.1 Å². The van der Waals surface area contributed by atoms with Gasteiger partial charge in [-0.05, 0) is 37.9 Å². The monoisotopic (exact) mass is 315 g/mol. The van der Waals surface area contributed by atoms with E-state index in [1.54, 1.807) is 7.11 Å². The molecule has 0 aliphatic carbocycles. The Morgan fingerprint density at radius 1 is 1.43 bits per heavy atom. The topological polar surface area (TPSA) is 68.5 Å². The number of nitrogens with one attached hydrogen (secondary N) is 1. The highest BCUT2D eigenvalue weighted by atomic mass is 32.2. The van der Waals surface area contributed by atoms with Gasteiger partial charge in [0.1, 0.15) is 18.1 Å². The molecular formula is C15H25NO4S. The Morgan fingerprint density at radius 2 is 2.24 bits per heavy atom. The SMILES string of the molecule is CCCNC(c1ccc(COC)o1)C1CCCCS1(=O)=O. The molecule has 1 aliphatic rings. The van der Waals surface area contributed by atoms with Gasteiger partial charge in [0.25, 0.3) is 0 Å².